The summed E-state index contributed by atoms with van der Waals surface area (Å²) in [5.74, 6) is -0.981. The van der Waals surface area contributed by atoms with E-state index in [4.69, 9.17) is 0 Å². The highest BCUT2D eigenvalue weighted by Crippen LogP contribution is 2.33. The second-order valence-electron chi connectivity index (χ2n) is 7.02. The van der Waals surface area contributed by atoms with E-state index in [1.165, 1.54) is 24.9 Å². The van der Waals surface area contributed by atoms with Crippen molar-refractivity contribution in [2.75, 3.05) is 13.6 Å². The van der Waals surface area contributed by atoms with E-state index in [2.05, 4.69) is 23.0 Å². The minimum atomic E-state index is -2.77. The zero-order valence-corrected chi connectivity index (χ0v) is 15.4. The van der Waals surface area contributed by atoms with Crippen molar-refractivity contribution < 1.29 is 13.6 Å². The third-order valence-corrected chi connectivity index (χ3v) is 5.29. The van der Waals surface area contributed by atoms with E-state index in [9.17, 15) is 13.6 Å². The Morgan fingerprint density at radius 2 is 2.04 bits per heavy atom. The predicted octanol–water partition coefficient (Wildman–Crippen LogP) is 3.90. The van der Waals surface area contributed by atoms with Gasteiger partial charge in [-0.25, -0.2) is 0 Å². The van der Waals surface area contributed by atoms with Crippen molar-refractivity contribution in [2.24, 2.45) is 0 Å². The molecule has 2 unspecified atom stereocenters. The third kappa shape index (κ3) is 4.89. The highest BCUT2D eigenvalue weighted by Gasteiger charge is 2.29. The molecule has 1 N–H and O–H groups in total. The fourth-order valence-electron chi connectivity index (χ4n) is 3.94. The van der Waals surface area contributed by atoms with Crippen LogP contribution in [0.3, 0.4) is 0 Å². The Hall–Kier alpha value is -2.34. The molecule has 1 fully saturated rings. The lowest BCUT2D eigenvalue weighted by molar-refractivity contribution is -0.126. The number of alkyl halides is 2. The summed E-state index contributed by atoms with van der Waals surface area (Å²) in [7, 11) is 2.19. The first-order chi connectivity index (χ1) is 13.1. The van der Waals surface area contributed by atoms with Crippen LogP contribution >= 0.6 is 0 Å². The lowest BCUT2D eigenvalue weighted by Crippen LogP contribution is -2.32. The largest absolute Gasteiger partial charge is 0.315 e. The number of hydrogen-bond acceptors (Lipinski definition) is 3. The van der Waals surface area contributed by atoms with Gasteiger partial charge in [-0.05, 0) is 62.0 Å². The van der Waals surface area contributed by atoms with Gasteiger partial charge in [-0.1, -0.05) is 30.3 Å². The first-order valence-corrected chi connectivity index (χ1v) is 9.32. The average Bonchev–Trinajstić information content (AvgIpc) is 3.28. The van der Waals surface area contributed by atoms with E-state index >= 15 is 0 Å². The van der Waals surface area contributed by atoms with Gasteiger partial charge in [-0.3, -0.25) is 20.0 Å². The number of nitrogens with zero attached hydrogens (tertiary/aromatic N) is 2. The van der Waals surface area contributed by atoms with Crippen molar-refractivity contribution in [3.8, 4) is 0 Å². The van der Waals surface area contributed by atoms with Crippen LogP contribution in [0.15, 0.2) is 48.8 Å². The normalized spacial score (nSPS) is 21.5. The van der Waals surface area contributed by atoms with E-state index < -0.39 is 18.4 Å². The zero-order chi connectivity index (χ0) is 19.2. The van der Waals surface area contributed by atoms with E-state index in [-0.39, 0.29) is 0 Å². The van der Waals surface area contributed by atoms with Gasteiger partial charge in [0, 0.05) is 18.4 Å². The molecular weight excluding hydrogens is 348 g/mol. The summed E-state index contributed by atoms with van der Waals surface area (Å²) >= 11 is 0. The molecule has 2 aromatic rings. The monoisotopic (exact) mass is 373 g/mol. The number of aromatic nitrogens is 1. The third-order valence-electron chi connectivity index (χ3n) is 5.29. The molecule has 1 aliphatic carbocycles. The molecule has 2 aliphatic rings. The summed E-state index contributed by atoms with van der Waals surface area (Å²) in [5.41, 5.74) is 3.33. The van der Waals surface area contributed by atoms with Crippen molar-refractivity contribution in [3.05, 3.63) is 65.5 Å². The maximum absolute atomic E-state index is 12.0. The highest BCUT2D eigenvalue weighted by molar-refractivity contribution is 5.84. The second kappa shape index (κ2) is 9.04. The molecule has 0 spiro atoms. The van der Waals surface area contributed by atoms with Crippen LogP contribution < -0.4 is 5.32 Å². The molecule has 1 aromatic carbocycles. The van der Waals surface area contributed by atoms with Crippen LogP contribution in [-0.4, -0.2) is 35.9 Å². The summed E-state index contributed by atoms with van der Waals surface area (Å²) in [6.45, 7) is -1.55. The van der Waals surface area contributed by atoms with Crippen LogP contribution in [0, 0.1) is 0 Å². The number of amides is 1. The molecule has 0 saturated carbocycles. The Bertz CT molecular complexity index is 754. The van der Waals surface area contributed by atoms with E-state index in [1.54, 1.807) is 5.32 Å². The van der Waals surface area contributed by atoms with Gasteiger partial charge in [-0.15, -0.1) is 0 Å². The molecule has 1 aromatic heterocycles. The van der Waals surface area contributed by atoms with Crippen LogP contribution in [0.25, 0.3) is 0 Å². The lowest BCUT2D eigenvalue weighted by atomic mass is 10.0. The SMILES string of the molecule is CN1CCCC1c1cccnc1.O=C(NC(F)F)C1CCc2ccccc21. The Kier molecular flexibility index (Phi) is 6.50. The number of benzene rings is 1. The second-order valence-corrected chi connectivity index (χ2v) is 7.02. The Morgan fingerprint density at radius 3 is 2.70 bits per heavy atom. The van der Waals surface area contributed by atoms with E-state index in [1.807, 2.05) is 42.7 Å². The van der Waals surface area contributed by atoms with Crippen LogP contribution in [0.1, 0.15) is 47.9 Å². The van der Waals surface area contributed by atoms with Crippen molar-refractivity contribution in [1.82, 2.24) is 15.2 Å². The molecule has 27 heavy (non-hydrogen) atoms. The van der Waals surface area contributed by atoms with Gasteiger partial charge >= 0.3 is 6.55 Å². The summed E-state index contributed by atoms with van der Waals surface area (Å²) in [6.07, 6.45) is 7.82. The minimum absolute atomic E-state index is 0.407. The number of aryl methyl sites for hydroxylation is 1. The van der Waals surface area contributed by atoms with Gasteiger partial charge in [0.1, 0.15) is 0 Å². The molecule has 0 bridgehead atoms. The quantitative estimate of drug-likeness (QED) is 0.830. The summed E-state index contributed by atoms with van der Waals surface area (Å²) in [6, 6.07) is 12.3. The molecule has 2 heterocycles. The van der Waals surface area contributed by atoms with Crippen LogP contribution in [0.5, 0.6) is 0 Å². The van der Waals surface area contributed by atoms with Gasteiger partial charge in [0.15, 0.2) is 0 Å². The minimum Gasteiger partial charge on any atom is -0.300 e. The van der Waals surface area contributed by atoms with Crippen molar-refractivity contribution >= 4 is 5.91 Å². The van der Waals surface area contributed by atoms with Gasteiger partial charge in [0.25, 0.3) is 0 Å². The molecule has 2 atom stereocenters. The standard InChI is InChI=1S/C11H11F2NO.C10H14N2/c12-11(13)14-10(15)9-6-5-7-3-1-2-4-8(7)9;1-12-7-3-5-10(12)9-4-2-6-11-8-9/h1-4,9,11H,5-6H2,(H,14,15);2,4,6,8,10H,3,5,7H2,1H3. The summed E-state index contributed by atoms with van der Waals surface area (Å²) < 4.78 is 24.0. The molecule has 0 radical (unpaired) electrons. The first kappa shape index (κ1) is 19.4. The maximum Gasteiger partial charge on any atom is 0.315 e. The molecule has 1 saturated heterocycles. The molecule has 1 amide bonds. The van der Waals surface area contributed by atoms with Gasteiger partial charge < -0.3 is 0 Å². The van der Waals surface area contributed by atoms with E-state index in [0.29, 0.717) is 12.5 Å². The predicted molar refractivity (Wildman–Crippen MR) is 100 cm³/mol. The van der Waals surface area contributed by atoms with Crippen molar-refractivity contribution in [1.29, 1.82) is 0 Å². The van der Waals surface area contributed by atoms with E-state index in [0.717, 1.165) is 17.5 Å². The molecular formula is C21H25F2N3O. The molecule has 4 rings (SSSR count). The maximum atomic E-state index is 12.0. The Balaban J connectivity index is 0.000000159. The fourth-order valence-corrected chi connectivity index (χ4v) is 3.94. The molecule has 4 nitrogen and oxygen atoms in total. The lowest BCUT2D eigenvalue weighted by Gasteiger charge is -2.18. The molecule has 1 aliphatic heterocycles. The smallest absolute Gasteiger partial charge is 0.300 e. The Labute approximate surface area is 158 Å². The number of halogens is 2. The number of carbonyl (C=O) groups is 1. The number of likely N-dealkylation sites (tertiary alicyclic amines) is 1. The number of fused-ring (bicyclic) bond motifs is 1. The first-order valence-electron chi connectivity index (χ1n) is 9.32. The average molecular weight is 373 g/mol. The van der Waals surface area contributed by atoms with Crippen molar-refractivity contribution in [3.63, 3.8) is 0 Å². The van der Waals surface area contributed by atoms with Crippen LogP contribution in [0.2, 0.25) is 0 Å². The fraction of sp³-hybridized carbons (Fsp3) is 0.429. The van der Waals surface area contributed by atoms with Crippen LogP contribution in [-0.2, 0) is 11.2 Å². The number of nitrogens with one attached hydrogen (secondary N) is 1. The number of rotatable bonds is 3. The van der Waals surface area contributed by atoms with Crippen LogP contribution in [0.4, 0.5) is 8.78 Å². The van der Waals surface area contributed by atoms with Gasteiger partial charge in [-0.2, -0.15) is 8.78 Å². The molecule has 144 valence electrons. The molecule has 6 heteroatoms. The number of hydrogen-bond donors (Lipinski definition) is 1. The number of carbonyl (C=O) groups excluding carboxylic acids is 1. The van der Waals surface area contributed by atoms with Crippen molar-refractivity contribution in [2.45, 2.75) is 44.2 Å². The summed E-state index contributed by atoms with van der Waals surface area (Å²) in [5, 5.41) is 1.65. The Morgan fingerprint density at radius 1 is 1.22 bits per heavy atom. The number of pyridine rings is 1. The van der Waals surface area contributed by atoms with Gasteiger partial charge in [0.2, 0.25) is 5.91 Å². The summed E-state index contributed by atoms with van der Waals surface area (Å²) in [4.78, 5) is 18.0. The highest BCUT2D eigenvalue weighted by atomic mass is 19.3. The topological polar surface area (TPSA) is 45.2 Å². The van der Waals surface area contributed by atoms with Gasteiger partial charge in [0.05, 0.1) is 5.92 Å². The zero-order valence-electron chi connectivity index (χ0n) is 15.4.